The molecule has 2 aromatic rings. The van der Waals surface area contributed by atoms with Gasteiger partial charge in [-0.3, -0.25) is 0 Å². The molecule has 0 aliphatic rings. The number of methoxy groups -OCH3 is 1. The number of benzene rings is 1. The maximum Gasteiger partial charge on any atom is 0.544 e. The summed E-state index contributed by atoms with van der Waals surface area (Å²) < 4.78 is 47.1. The van der Waals surface area contributed by atoms with Crippen molar-refractivity contribution in [2.45, 2.75) is 6.42 Å². The van der Waals surface area contributed by atoms with E-state index in [1.54, 1.807) is 25.3 Å². The Bertz CT molecular complexity index is 519. The third-order valence-corrected chi connectivity index (χ3v) is 2.52. The summed E-state index contributed by atoms with van der Waals surface area (Å²) >= 11 is 0. The van der Waals surface area contributed by atoms with Gasteiger partial charge in [-0.05, 0) is 30.2 Å². The number of hydrogen-bond donors (Lipinski definition) is 0. The summed E-state index contributed by atoms with van der Waals surface area (Å²) in [5, 5.41) is 0.479. The van der Waals surface area contributed by atoms with Gasteiger partial charge in [0.15, 0.2) is 0 Å². The third kappa shape index (κ3) is 2.63. The van der Waals surface area contributed by atoms with Crippen molar-refractivity contribution in [3.63, 3.8) is 0 Å². The zero-order chi connectivity index (χ0) is 12.5. The summed E-state index contributed by atoms with van der Waals surface area (Å²) in [6.45, 7) is -4.53. The van der Waals surface area contributed by atoms with Crippen LogP contribution in [0.1, 0.15) is 5.56 Å². The van der Waals surface area contributed by atoms with Crippen molar-refractivity contribution in [2.24, 2.45) is 0 Å². The maximum absolute atomic E-state index is 12.5. The molecular formula is C11H11BF3O2-. The summed E-state index contributed by atoms with van der Waals surface area (Å²) in [5.74, 6) is 0. The second kappa shape index (κ2) is 4.45. The largest absolute Gasteiger partial charge is 0.544 e. The lowest BCUT2D eigenvalue weighted by Gasteiger charge is -2.08. The number of ether oxygens (including phenoxy) is 1. The minimum Gasteiger partial charge on any atom is -0.493 e. The van der Waals surface area contributed by atoms with Crippen LogP contribution >= 0.6 is 0 Å². The van der Waals surface area contributed by atoms with Crippen molar-refractivity contribution in [2.75, 3.05) is 13.7 Å². The van der Waals surface area contributed by atoms with E-state index in [0.29, 0.717) is 18.4 Å². The van der Waals surface area contributed by atoms with Gasteiger partial charge in [0.2, 0.25) is 0 Å². The molecule has 0 fully saturated rings. The molecule has 2 rings (SSSR count). The first-order valence-electron chi connectivity index (χ1n) is 5.22. The Kier molecular flexibility index (Phi) is 3.15. The smallest absolute Gasteiger partial charge is 0.493 e. The Morgan fingerprint density at radius 2 is 2.00 bits per heavy atom. The molecule has 0 radical (unpaired) electrons. The fourth-order valence-corrected chi connectivity index (χ4v) is 1.65. The molecule has 92 valence electrons. The second-order valence-corrected chi connectivity index (χ2v) is 3.84. The molecule has 17 heavy (non-hydrogen) atoms. The van der Waals surface area contributed by atoms with E-state index in [9.17, 15) is 12.9 Å². The van der Waals surface area contributed by atoms with Gasteiger partial charge in [-0.2, -0.15) is 0 Å². The van der Waals surface area contributed by atoms with E-state index >= 15 is 0 Å². The van der Waals surface area contributed by atoms with Crippen molar-refractivity contribution in [1.82, 2.24) is 0 Å². The highest BCUT2D eigenvalue weighted by Crippen LogP contribution is 2.20. The van der Waals surface area contributed by atoms with Gasteiger partial charge in [-0.25, -0.2) is 0 Å². The van der Waals surface area contributed by atoms with E-state index in [1.165, 1.54) is 0 Å². The summed E-state index contributed by atoms with van der Waals surface area (Å²) in [6.07, 6.45) is 0.671. The van der Waals surface area contributed by atoms with E-state index < -0.39 is 12.6 Å². The van der Waals surface area contributed by atoms with Gasteiger partial charge in [-0.1, -0.05) is 6.07 Å². The highest BCUT2D eigenvalue weighted by Gasteiger charge is 2.30. The molecule has 6 heteroatoms. The van der Waals surface area contributed by atoms with Gasteiger partial charge in [-0.15, -0.1) is 0 Å². The molecule has 0 spiro atoms. The van der Waals surface area contributed by atoms with Crippen molar-refractivity contribution in [3.8, 4) is 0 Å². The first kappa shape index (κ1) is 12.0. The third-order valence-electron chi connectivity index (χ3n) is 2.52. The monoisotopic (exact) mass is 243 g/mol. The quantitative estimate of drug-likeness (QED) is 0.770. The summed E-state index contributed by atoms with van der Waals surface area (Å²) in [6, 6.07) is 6.05. The molecule has 1 aromatic carbocycles. The topological polar surface area (TPSA) is 22.4 Å². The highest BCUT2D eigenvalue weighted by molar-refractivity contribution is 6.72. The van der Waals surface area contributed by atoms with Crippen LogP contribution in [0.4, 0.5) is 12.9 Å². The van der Waals surface area contributed by atoms with Crippen LogP contribution < -0.4 is 5.66 Å². The molecule has 1 aromatic heterocycles. The predicted octanol–water partition coefficient (Wildman–Crippen LogP) is 2.68. The molecule has 0 saturated carbocycles. The number of hydrogen-bond acceptors (Lipinski definition) is 2. The summed E-state index contributed by atoms with van der Waals surface area (Å²) in [5.41, 5.74) is 0.297. The summed E-state index contributed by atoms with van der Waals surface area (Å²) in [4.78, 5) is 0. The highest BCUT2D eigenvalue weighted by atomic mass is 19.4. The van der Waals surface area contributed by atoms with Crippen LogP contribution in [0.2, 0.25) is 0 Å². The van der Waals surface area contributed by atoms with Crippen molar-refractivity contribution in [3.05, 3.63) is 29.8 Å². The SMILES string of the molecule is COCCc1ccc2oc([B-](F)(F)F)cc2c1. The molecule has 0 unspecified atom stereocenters. The van der Waals surface area contributed by atoms with Crippen LogP contribution in [0.3, 0.4) is 0 Å². The minimum atomic E-state index is -5.07. The fraction of sp³-hybridized carbons (Fsp3) is 0.273. The average Bonchev–Trinajstić information content (AvgIpc) is 2.68. The second-order valence-electron chi connectivity index (χ2n) is 3.84. The van der Waals surface area contributed by atoms with E-state index in [1.807, 2.05) is 0 Å². The lowest BCUT2D eigenvalue weighted by Crippen LogP contribution is -2.32. The molecule has 2 nitrogen and oxygen atoms in total. The molecule has 1 heterocycles. The van der Waals surface area contributed by atoms with E-state index in [4.69, 9.17) is 9.15 Å². The molecule has 0 saturated heterocycles. The van der Waals surface area contributed by atoms with Gasteiger partial charge in [0.05, 0.1) is 6.61 Å². The molecule has 0 aliphatic heterocycles. The van der Waals surface area contributed by atoms with Crippen LogP contribution in [0, 0.1) is 0 Å². The molecule has 0 amide bonds. The van der Waals surface area contributed by atoms with Crippen LogP contribution in [0.5, 0.6) is 0 Å². The van der Waals surface area contributed by atoms with E-state index in [2.05, 4.69) is 0 Å². The van der Waals surface area contributed by atoms with E-state index in [-0.39, 0.29) is 5.58 Å². The minimum absolute atomic E-state index is 0.264. The van der Waals surface area contributed by atoms with Gasteiger partial charge in [0.1, 0.15) is 5.58 Å². The lowest BCUT2D eigenvalue weighted by atomic mass is 9.87. The Balaban J connectivity index is 2.34. The summed E-state index contributed by atoms with van der Waals surface area (Å²) in [7, 11) is 1.58. The van der Waals surface area contributed by atoms with Crippen LogP contribution in [-0.4, -0.2) is 20.7 Å². The van der Waals surface area contributed by atoms with Crippen molar-refractivity contribution >= 4 is 23.6 Å². The fourth-order valence-electron chi connectivity index (χ4n) is 1.65. The zero-order valence-corrected chi connectivity index (χ0v) is 9.25. The van der Waals surface area contributed by atoms with Crippen molar-refractivity contribution in [1.29, 1.82) is 0 Å². The van der Waals surface area contributed by atoms with Gasteiger partial charge in [0, 0.05) is 18.2 Å². The van der Waals surface area contributed by atoms with Gasteiger partial charge < -0.3 is 22.1 Å². The Morgan fingerprint density at radius 1 is 1.24 bits per heavy atom. The van der Waals surface area contributed by atoms with Crippen LogP contribution in [0.25, 0.3) is 11.0 Å². The molecule has 0 aliphatic carbocycles. The number of fused-ring (bicyclic) bond motifs is 1. The normalized spacial score (nSPS) is 12.2. The Labute approximate surface area is 96.4 Å². The first-order valence-corrected chi connectivity index (χ1v) is 5.22. The molecular weight excluding hydrogens is 232 g/mol. The standard InChI is InChI=1S/C11H11BF3O2/c1-16-5-4-8-2-3-10-9(6-8)7-11(17-10)12(13,14)15/h2-3,6-7H,4-5H2,1H3/q-1. The molecule has 0 atom stereocenters. The predicted molar refractivity (Wildman–Crippen MR) is 60.5 cm³/mol. The van der Waals surface area contributed by atoms with Crippen molar-refractivity contribution < 1.29 is 22.1 Å². The van der Waals surface area contributed by atoms with Crippen LogP contribution in [-0.2, 0) is 11.2 Å². The molecule has 0 N–H and O–H groups in total. The number of halogens is 3. The van der Waals surface area contributed by atoms with Gasteiger partial charge >= 0.3 is 6.98 Å². The Hall–Kier alpha value is -1.43. The number of furan rings is 1. The first-order chi connectivity index (χ1) is 8.00. The lowest BCUT2D eigenvalue weighted by molar-refractivity contribution is 0.202. The van der Waals surface area contributed by atoms with Gasteiger partial charge in [0.25, 0.3) is 0 Å². The zero-order valence-electron chi connectivity index (χ0n) is 9.25. The maximum atomic E-state index is 12.5. The molecule has 0 bridgehead atoms. The average molecular weight is 243 g/mol. The van der Waals surface area contributed by atoms with Crippen LogP contribution in [0.15, 0.2) is 28.7 Å². The van der Waals surface area contributed by atoms with E-state index in [0.717, 1.165) is 11.6 Å². The number of rotatable bonds is 4. The Morgan fingerprint density at radius 3 is 2.65 bits per heavy atom.